The lowest BCUT2D eigenvalue weighted by molar-refractivity contribution is 0.0873. The number of halogens is 1. The van der Waals surface area contributed by atoms with Crippen molar-refractivity contribution in [2.75, 3.05) is 6.54 Å². The van der Waals surface area contributed by atoms with Crippen LogP contribution in [0.4, 0.5) is 0 Å². The molecule has 1 amide bonds. The van der Waals surface area contributed by atoms with Gasteiger partial charge in [-0.15, -0.1) is 12.4 Å². The highest BCUT2D eigenvalue weighted by atomic mass is 35.5. The number of aryl methyl sites for hydroxylation is 1. The second-order valence-corrected chi connectivity index (χ2v) is 4.57. The third-order valence-electron chi connectivity index (χ3n) is 3.15. The first kappa shape index (κ1) is 15.9. The normalized spacial score (nSPS) is 14.0. The molecule has 0 bridgehead atoms. The van der Waals surface area contributed by atoms with E-state index in [0.29, 0.717) is 12.2 Å². The molecule has 0 aliphatic carbocycles. The van der Waals surface area contributed by atoms with Crippen LogP contribution in [0.25, 0.3) is 0 Å². The van der Waals surface area contributed by atoms with E-state index < -0.39 is 0 Å². The van der Waals surface area contributed by atoms with Gasteiger partial charge in [0.25, 0.3) is 5.91 Å². The number of carbonyl (C=O) groups is 1. The van der Waals surface area contributed by atoms with Crippen LogP contribution in [0.2, 0.25) is 0 Å². The Hall–Kier alpha value is -1.07. The molecule has 0 saturated carbocycles. The van der Waals surface area contributed by atoms with E-state index in [1.54, 1.807) is 24.0 Å². The Kier molecular flexibility index (Phi) is 5.64. The van der Waals surface area contributed by atoms with Crippen LogP contribution in [0.5, 0.6) is 0 Å². The maximum Gasteiger partial charge on any atom is 0.270 e. The van der Waals surface area contributed by atoms with Crippen molar-refractivity contribution < 1.29 is 4.79 Å². The molecule has 1 rings (SSSR count). The molecule has 0 aliphatic heterocycles. The van der Waals surface area contributed by atoms with Gasteiger partial charge in [-0.05, 0) is 18.9 Å². The summed E-state index contributed by atoms with van der Waals surface area (Å²) in [6, 6.07) is 1.69. The number of amides is 1. The van der Waals surface area contributed by atoms with E-state index in [4.69, 9.17) is 5.73 Å². The first-order valence-corrected chi connectivity index (χ1v) is 5.41. The summed E-state index contributed by atoms with van der Waals surface area (Å²) < 4.78 is 1.55. The number of aromatic nitrogens is 2. The topological polar surface area (TPSA) is 72.9 Å². The molecule has 0 spiro atoms. The molecule has 3 N–H and O–H groups in total. The fourth-order valence-electron chi connectivity index (χ4n) is 1.35. The summed E-state index contributed by atoms with van der Waals surface area (Å²) >= 11 is 0. The van der Waals surface area contributed by atoms with Crippen molar-refractivity contribution in [3.8, 4) is 0 Å². The lowest BCUT2D eigenvalue weighted by Crippen LogP contribution is -2.55. The van der Waals surface area contributed by atoms with Crippen LogP contribution < -0.4 is 11.1 Å². The Bertz CT molecular complexity index is 377. The summed E-state index contributed by atoms with van der Waals surface area (Å²) in [6.45, 7) is 6.44. The van der Waals surface area contributed by atoms with E-state index in [1.165, 1.54) is 0 Å². The molecule has 1 aromatic heterocycles. The van der Waals surface area contributed by atoms with Crippen LogP contribution in [0, 0.1) is 5.92 Å². The zero-order chi connectivity index (χ0) is 12.3. The third kappa shape index (κ3) is 3.44. The van der Waals surface area contributed by atoms with Crippen molar-refractivity contribution in [2.24, 2.45) is 18.7 Å². The number of nitrogens with two attached hydrogens (primary N) is 1. The Morgan fingerprint density at radius 1 is 1.65 bits per heavy atom. The van der Waals surface area contributed by atoms with Gasteiger partial charge >= 0.3 is 0 Å². The largest absolute Gasteiger partial charge is 0.344 e. The smallest absolute Gasteiger partial charge is 0.270 e. The Morgan fingerprint density at radius 3 is 2.59 bits per heavy atom. The molecule has 1 atom stereocenters. The summed E-state index contributed by atoms with van der Waals surface area (Å²) in [7, 11) is 1.74. The minimum Gasteiger partial charge on any atom is -0.344 e. The number of rotatable bonds is 4. The van der Waals surface area contributed by atoms with Crippen LogP contribution in [0.1, 0.15) is 31.3 Å². The minimum atomic E-state index is -0.388. The van der Waals surface area contributed by atoms with Crippen LogP contribution in [0.3, 0.4) is 0 Å². The maximum absolute atomic E-state index is 12.0. The second kappa shape index (κ2) is 6.02. The molecule has 0 aliphatic rings. The quantitative estimate of drug-likeness (QED) is 0.847. The summed E-state index contributed by atoms with van der Waals surface area (Å²) in [5, 5.41) is 6.92. The van der Waals surface area contributed by atoms with Gasteiger partial charge in [-0.1, -0.05) is 13.8 Å². The van der Waals surface area contributed by atoms with Crippen molar-refractivity contribution in [1.82, 2.24) is 15.1 Å². The molecule has 1 aromatic rings. The predicted molar refractivity (Wildman–Crippen MR) is 70.2 cm³/mol. The molecular weight excluding hydrogens is 240 g/mol. The van der Waals surface area contributed by atoms with E-state index in [9.17, 15) is 4.79 Å². The number of hydrogen-bond donors (Lipinski definition) is 2. The van der Waals surface area contributed by atoms with Gasteiger partial charge in [-0.2, -0.15) is 5.10 Å². The van der Waals surface area contributed by atoms with Gasteiger partial charge in [0, 0.05) is 19.8 Å². The van der Waals surface area contributed by atoms with E-state index >= 15 is 0 Å². The van der Waals surface area contributed by atoms with E-state index in [-0.39, 0.29) is 29.8 Å². The van der Waals surface area contributed by atoms with Gasteiger partial charge in [0.15, 0.2) is 0 Å². The lowest BCUT2D eigenvalue weighted by atomic mass is 9.88. The van der Waals surface area contributed by atoms with Crippen LogP contribution in [-0.4, -0.2) is 27.8 Å². The molecule has 98 valence electrons. The molecule has 5 nitrogen and oxygen atoms in total. The third-order valence-corrected chi connectivity index (χ3v) is 3.15. The highest BCUT2D eigenvalue weighted by molar-refractivity contribution is 5.93. The molecule has 0 aromatic carbocycles. The summed E-state index contributed by atoms with van der Waals surface area (Å²) in [5.74, 6) is 0.135. The van der Waals surface area contributed by atoms with Gasteiger partial charge in [0.05, 0.1) is 5.54 Å². The Labute approximate surface area is 108 Å². The van der Waals surface area contributed by atoms with Crippen molar-refractivity contribution in [3.63, 3.8) is 0 Å². The van der Waals surface area contributed by atoms with Gasteiger partial charge < -0.3 is 11.1 Å². The lowest BCUT2D eigenvalue weighted by Gasteiger charge is -2.33. The molecule has 1 heterocycles. The minimum absolute atomic E-state index is 0. The van der Waals surface area contributed by atoms with Gasteiger partial charge in [0.2, 0.25) is 0 Å². The van der Waals surface area contributed by atoms with Crippen molar-refractivity contribution in [1.29, 1.82) is 0 Å². The zero-order valence-electron chi connectivity index (χ0n) is 10.7. The maximum atomic E-state index is 12.0. The molecule has 1 unspecified atom stereocenters. The predicted octanol–water partition coefficient (Wildman–Crippen LogP) is 0.945. The molecule has 0 fully saturated rings. The first-order chi connectivity index (χ1) is 7.40. The van der Waals surface area contributed by atoms with Crippen molar-refractivity contribution in [3.05, 3.63) is 18.0 Å². The molecular formula is C11H21ClN4O. The average Bonchev–Trinajstić information content (AvgIpc) is 2.64. The summed E-state index contributed by atoms with van der Waals surface area (Å²) in [4.78, 5) is 12.0. The SMILES string of the molecule is CC(C)C(C)(CN)NC(=O)c1ccnn1C.Cl. The van der Waals surface area contributed by atoms with Gasteiger partial charge in [0.1, 0.15) is 5.69 Å². The van der Waals surface area contributed by atoms with Crippen LogP contribution in [0.15, 0.2) is 12.3 Å². The molecule has 0 radical (unpaired) electrons. The fraction of sp³-hybridized carbons (Fsp3) is 0.636. The number of nitrogens with one attached hydrogen (secondary N) is 1. The van der Waals surface area contributed by atoms with Crippen molar-refractivity contribution in [2.45, 2.75) is 26.3 Å². The van der Waals surface area contributed by atoms with E-state index in [0.717, 1.165) is 0 Å². The first-order valence-electron chi connectivity index (χ1n) is 5.41. The Balaban J connectivity index is 0.00000256. The Morgan fingerprint density at radius 2 is 2.24 bits per heavy atom. The summed E-state index contributed by atoms with van der Waals surface area (Å²) in [5.41, 5.74) is 5.86. The highest BCUT2D eigenvalue weighted by Crippen LogP contribution is 2.15. The zero-order valence-corrected chi connectivity index (χ0v) is 11.5. The highest BCUT2D eigenvalue weighted by Gasteiger charge is 2.29. The second-order valence-electron chi connectivity index (χ2n) is 4.57. The molecule has 6 heteroatoms. The van der Waals surface area contributed by atoms with Crippen LogP contribution >= 0.6 is 12.4 Å². The van der Waals surface area contributed by atoms with Crippen molar-refractivity contribution >= 4 is 18.3 Å². The number of nitrogens with zero attached hydrogens (tertiary/aromatic N) is 2. The van der Waals surface area contributed by atoms with Gasteiger partial charge in [-0.25, -0.2) is 0 Å². The standard InChI is InChI=1S/C11H20N4O.ClH/c1-8(2)11(3,7-12)14-10(16)9-5-6-13-15(9)4;/h5-6,8H,7,12H2,1-4H3,(H,14,16);1H. The number of carbonyl (C=O) groups excluding carboxylic acids is 1. The summed E-state index contributed by atoms with van der Waals surface area (Å²) in [6.07, 6.45) is 1.60. The fourth-order valence-corrected chi connectivity index (χ4v) is 1.35. The van der Waals surface area contributed by atoms with E-state index in [1.807, 2.05) is 20.8 Å². The van der Waals surface area contributed by atoms with E-state index in [2.05, 4.69) is 10.4 Å². The average molecular weight is 261 g/mol. The molecule has 0 saturated heterocycles. The number of hydrogen-bond acceptors (Lipinski definition) is 3. The monoisotopic (exact) mass is 260 g/mol. The van der Waals surface area contributed by atoms with Gasteiger partial charge in [-0.3, -0.25) is 9.48 Å². The molecule has 17 heavy (non-hydrogen) atoms. The van der Waals surface area contributed by atoms with Crippen LogP contribution in [-0.2, 0) is 7.05 Å².